The number of nitrogens with zero attached hydrogens (tertiary/aromatic N) is 2. The number of amides is 1. The summed E-state index contributed by atoms with van der Waals surface area (Å²) in [5.41, 5.74) is 3.97. The average molecular weight is 361 g/mol. The molecule has 1 amide bonds. The van der Waals surface area contributed by atoms with Crippen molar-refractivity contribution in [1.29, 1.82) is 0 Å². The van der Waals surface area contributed by atoms with E-state index >= 15 is 0 Å². The molecule has 2 aromatic carbocycles. The summed E-state index contributed by atoms with van der Waals surface area (Å²) < 4.78 is 5.36. The number of carbonyl (C=O) groups is 1. The highest BCUT2D eigenvalue weighted by molar-refractivity contribution is 6.02. The largest absolute Gasteiger partial charge is 0.495 e. The average Bonchev–Trinajstić information content (AvgIpc) is 2.65. The van der Waals surface area contributed by atoms with Gasteiger partial charge in [-0.05, 0) is 41.3 Å². The zero-order valence-electron chi connectivity index (χ0n) is 16.0. The number of benzene rings is 2. The standard InChI is InChI=1S/C22H23N3O2/c1-22(2,3)15-9-11-20(27-4)19(13-15)25-21(26)12-10-16-14-23-17-7-5-6-8-18(17)24-16/h5-14H,1-4H3,(H,25,26)/b12-10+. The molecule has 3 aromatic rings. The number of rotatable bonds is 4. The van der Waals surface area contributed by atoms with Gasteiger partial charge in [0.05, 0.1) is 35.7 Å². The fraction of sp³-hybridized carbons (Fsp3) is 0.227. The molecular weight excluding hydrogens is 338 g/mol. The molecule has 1 aromatic heterocycles. The van der Waals surface area contributed by atoms with Gasteiger partial charge in [0.15, 0.2) is 0 Å². The number of nitrogens with one attached hydrogen (secondary N) is 1. The van der Waals surface area contributed by atoms with E-state index in [4.69, 9.17) is 4.74 Å². The minimum absolute atomic E-state index is 0.0255. The molecule has 5 nitrogen and oxygen atoms in total. The van der Waals surface area contributed by atoms with Gasteiger partial charge in [0, 0.05) is 6.08 Å². The molecule has 0 atom stereocenters. The van der Waals surface area contributed by atoms with Crippen LogP contribution in [0.4, 0.5) is 5.69 Å². The van der Waals surface area contributed by atoms with E-state index in [1.54, 1.807) is 19.4 Å². The predicted molar refractivity (Wildman–Crippen MR) is 109 cm³/mol. The molecule has 3 rings (SSSR count). The van der Waals surface area contributed by atoms with Gasteiger partial charge in [-0.1, -0.05) is 39.0 Å². The number of para-hydroxylation sites is 2. The molecule has 0 unspecified atom stereocenters. The third-order valence-electron chi connectivity index (χ3n) is 4.20. The number of ether oxygens (including phenoxy) is 1. The highest BCUT2D eigenvalue weighted by atomic mass is 16.5. The molecule has 138 valence electrons. The van der Waals surface area contributed by atoms with Crippen LogP contribution in [0.25, 0.3) is 17.1 Å². The fourth-order valence-electron chi connectivity index (χ4n) is 2.66. The first-order chi connectivity index (χ1) is 12.9. The van der Waals surface area contributed by atoms with E-state index in [2.05, 4.69) is 36.1 Å². The second-order valence-electron chi connectivity index (χ2n) is 7.27. The van der Waals surface area contributed by atoms with Crippen LogP contribution >= 0.6 is 0 Å². The van der Waals surface area contributed by atoms with Crippen LogP contribution in [-0.4, -0.2) is 23.0 Å². The van der Waals surface area contributed by atoms with Gasteiger partial charge in [0.2, 0.25) is 5.91 Å². The van der Waals surface area contributed by atoms with Crippen molar-refractivity contribution >= 4 is 28.7 Å². The smallest absolute Gasteiger partial charge is 0.248 e. The van der Waals surface area contributed by atoms with Gasteiger partial charge >= 0.3 is 0 Å². The van der Waals surface area contributed by atoms with Crippen LogP contribution in [-0.2, 0) is 10.2 Å². The number of fused-ring (bicyclic) bond motifs is 1. The van der Waals surface area contributed by atoms with Gasteiger partial charge in [-0.3, -0.25) is 9.78 Å². The molecular formula is C22H23N3O2. The first-order valence-electron chi connectivity index (χ1n) is 8.76. The summed E-state index contributed by atoms with van der Waals surface area (Å²) in [5, 5.41) is 2.88. The van der Waals surface area contributed by atoms with Crippen LogP contribution in [0.15, 0.2) is 54.7 Å². The summed E-state index contributed by atoms with van der Waals surface area (Å²) in [6.45, 7) is 6.37. The summed E-state index contributed by atoms with van der Waals surface area (Å²) >= 11 is 0. The lowest BCUT2D eigenvalue weighted by molar-refractivity contribution is -0.111. The summed E-state index contributed by atoms with van der Waals surface area (Å²) in [6.07, 6.45) is 4.74. The van der Waals surface area contributed by atoms with Crippen molar-refractivity contribution < 1.29 is 9.53 Å². The van der Waals surface area contributed by atoms with Gasteiger partial charge in [0.1, 0.15) is 5.75 Å². The summed E-state index contributed by atoms with van der Waals surface area (Å²) in [7, 11) is 1.59. The molecule has 0 aliphatic rings. The van der Waals surface area contributed by atoms with Crippen molar-refractivity contribution in [3.63, 3.8) is 0 Å². The SMILES string of the molecule is COc1ccc(C(C)(C)C)cc1NC(=O)/C=C/c1cnc2ccccc2n1. The second-order valence-corrected chi connectivity index (χ2v) is 7.27. The number of methoxy groups -OCH3 is 1. The van der Waals surface area contributed by atoms with Crippen LogP contribution in [0, 0.1) is 0 Å². The number of carbonyl (C=O) groups excluding carboxylic acids is 1. The minimum Gasteiger partial charge on any atom is -0.495 e. The Morgan fingerprint density at radius 3 is 2.56 bits per heavy atom. The maximum atomic E-state index is 12.4. The lowest BCUT2D eigenvalue weighted by Crippen LogP contribution is -2.14. The summed E-state index contributed by atoms with van der Waals surface area (Å²) in [5.74, 6) is 0.365. The Kier molecular flexibility index (Phi) is 5.21. The third-order valence-corrected chi connectivity index (χ3v) is 4.20. The van der Waals surface area contributed by atoms with Crippen LogP contribution in [0.2, 0.25) is 0 Å². The molecule has 0 saturated carbocycles. The topological polar surface area (TPSA) is 64.1 Å². The number of hydrogen-bond acceptors (Lipinski definition) is 4. The molecule has 1 heterocycles. The molecule has 1 N–H and O–H groups in total. The van der Waals surface area contributed by atoms with Crippen LogP contribution in [0.5, 0.6) is 5.75 Å². The molecule has 0 bridgehead atoms. The van der Waals surface area contributed by atoms with Crippen molar-refractivity contribution in [1.82, 2.24) is 9.97 Å². The van der Waals surface area contributed by atoms with Crippen molar-refractivity contribution in [2.24, 2.45) is 0 Å². The Balaban J connectivity index is 1.79. The Bertz CT molecular complexity index is 1000. The quantitative estimate of drug-likeness (QED) is 0.691. The van der Waals surface area contributed by atoms with Crippen molar-refractivity contribution in [2.75, 3.05) is 12.4 Å². The summed E-state index contributed by atoms with van der Waals surface area (Å²) in [4.78, 5) is 21.2. The molecule has 0 aliphatic heterocycles. The van der Waals surface area contributed by atoms with Gasteiger partial charge in [-0.15, -0.1) is 0 Å². The van der Waals surface area contributed by atoms with E-state index in [1.165, 1.54) is 6.08 Å². The Morgan fingerprint density at radius 1 is 1.11 bits per heavy atom. The van der Waals surface area contributed by atoms with Crippen molar-refractivity contribution in [3.05, 3.63) is 66.0 Å². The highest BCUT2D eigenvalue weighted by Crippen LogP contribution is 2.31. The lowest BCUT2D eigenvalue weighted by atomic mass is 9.87. The monoisotopic (exact) mass is 361 g/mol. The molecule has 0 fully saturated rings. The molecule has 0 radical (unpaired) electrons. The van der Waals surface area contributed by atoms with Gasteiger partial charge in [0.25, 0.3) is 0 Å². The molecule has 5 heteroatoms. The maximum absolute atomic E-state index is 12.4. The number of hydrogen-bond donors (Lipinski definition) is 1. The zero-order chi connectivity index (χ0) is 19.4. The van der Waals surface area contributed by atoms with Gasteiger partial charge in [-0.2, -0.15) is 0 Å². The van der Waals surface area contributed by atoms with Crippen LogP contribution in [0.1, 0.15) is 32.0 Å². The van der Waals surface area contributed by atoms with E-state index in [1.807, 2.05) is 42.5 Å². The number of anilines is 1. The van der Waals surface area contributed by atoms with E-state index in [0.717, 1.165) is 16.6 Å². The van der Waals surface area contributed by atoms with E-state index in [9.17, 15) is 4.79 Å². The normalized spacial score (nSPS) is 11.7. The van der Waals surface area contributed by atoms with Gasteiger partial charge < -0.3 is 10.1 Å². The minimum atomic E-state index is -0.255. The van der Waals surface area contributed by atoms with E-state index in [-0.39, 0.29) is 11.3 Å². The van der Waals surface area contributed by atoms with E-state index < -0.39 is 0 Å². The van der Waals surface area contributed by atoms with E-state index in [0.29, 0.717) is 17.1 Å². The number of aromatic nitrogens is 2. The molecule has 0 saturated heterocycles. The summed E-state index contributed by atoms with van der Waals surface area (Å²) in [6, 6.07) is 13.4. The van der Waals surface area contributed by atoms with Gasteiger partial charge in [-0.25, -0.2) is 4.98 Å². The maximum Gasteiger partial charge on any atom is 0.248 e. The zero-order valence-corrected chi connectivity index (χ0v) is 16.0. The lowest BCUT2D eigenvalue weighted by Gasteiger charge is -2.21. The molecule has 27 heavy (non-hydrogen) atoms. The highest BCUT2D eigenvalue weighted by Gasteiger charge is 2.16. The fourth-order valence-corrected chi connectivity index (χ4v) is 2.66. The Labute approximate surface area is 159 Å². The molecule has 0 aliphatic carbocycles. The predicted octanol–water partition coefficient (Wildman–Crippen LogP) is 4.59. The van der Waals surface area contributed by atoms with Crippen LogP contribution in [0.3, 0.4) is 0 Å². The van der Waals surface area contributed by atoms with Crippen molar-refractivity contribution in [3.8, 4) is 5.75 Å². The Hall–Kier alpha value is -3.21. The second kappa shape index (κ2) is 7.58. The van der Waals surface area contributed by atoms with Crippen molar-refractivity contribution in [2.45, 2.75) is 26.2 Å². The first-order valence-corrected chi connectivity index (χ1v) is 8.76. The molecule has 0 spiro atoms. The first kappa shape index (κ1) is 18.6. The van der Waals surface area contributed by atoms with Crippen LogP contribution < -0.4 is 10.1 Å². The third kappa shape index (κ3) is 4.50. The Morgan fingerprint density at radius 2 is 1.85 bits per heavy atom.